The number of furan rings is 1. The average Bonchev–Trinajstić information content (AvgIpc) is 2.69. The molecule has 4 heteroatoms. The summed E-state index contributed by atoms with van der Waals surface area (Å²) in [6.45, 7) is 9.89. The largest absolute Gasteiger partial charge is 0.478 e. The summed E-state index contributed by atoms with van der Waals surface area (Å²) in [7, 11) is 0. The van der Waals surface area contributed by atoms with Crippen molar-refractivity contribution >= 4 is 5.97 Å². The Morgan fingerprint density at radius 3 is 2.58 bits per heavy atom. The molecule has 0 aliphatic heterocycles. The second kappa shape index (κ2) is 7.34. The molecule has 1 rings (SSSR count). The van der Waals surface area contributed by atoms with Crippen LogP contribution in [0.1, 0.15) is 61.9 Å². The first-order valence-electron chi connectivity index (χ1n) is 7.02. The SMILES string of the molecule is CCCCCN(Cc1cc(C(=O)O)c(C)o1)C(C)C. The molecule has 0 atom stereocenters. The van der Waals surface area contributed by atoms with Crippen molar-refractivity contribution in [2.24, 2.45) is 0 Å². The minimum absolute atomic E-state index is 0.271. The maximum atomic E-state index is 11.0. The molecule has 0 amide bonds. The van der Waals surface area contributed by atoms with E-state index in [1.165, 1.54) is 19.3 Å². The second-order valence-electron chi connectivity index (χ2n) is 5.26. The van der Waals surface area contributed by atoms with Gasteiger partial charge in [0.1, 0.15) is 17.1 Å². The number of hydrogen-bond donors (Lipinski definition) is 1. The van der Waals surface area contributed by atoms with Gasteiger partial charge in [0.2, 0.25) is 0 Å². The third-order valence-corrected chi connectivity index (χ3v) is 3.34. The van der Waals surface area contributed by atoms with Crippen molar-refractivity contribution in [1.29, 1.82) is 0 Å². The summed E-state index contributed by atoms with van der Waals surface area (Å²) in [5.74, 6) is 0.300. The van der Waals surface area contributed by atoms with Gasteiger partial charge in [-0.1, -0.05) is 19.8 Å². The first-order valence-corrected chi connectivity index (χ1v) is 7.02. The molecule has 4 nitrogen and oxygen atoms in total. The fraction of sp³-hybridized carbons (Fsp3) is 0.667. The van der Waals surface area contributed by atoms with Crippen LogP contribution in [-0.4, -0.2) is 28.6 Å². The highest BCUT2D eigenvalue weighted by molar-refractivity contribution is 5.88. The molecule has 0 radical (unpaired) electrons. The standard InChI is InChI=1S/C15H25NO3/c1-5-6-7-8-16(11(2)3)10-13-9-14(15(17)18)12(4)19-13/h9,11H,5-8,10H2,1-4H3,(H,17,18). The molecule has 1 heterocycles. The van der Waals surface area contributed by atoms with Gasteiger partial charge in [0, 0.05) is 6.04 Å². The van der Waals surface area contributed by atoms with E-state index >= 15 is 0 Å². The van der Waals surface area contributed by atoms with Gasteiger partial charge < -0.3 is 9.52 Å². The number of carboxylic acids is 1. The zero-order chi connectivity index (χ0) is 14.4. The Morgan fingerprint density at radius 2 is 2.11 bits per heavy atom. The summed E-state index contributed by atoms with van der Waals surface area (Å²) < 4.78 is 5.54. The number of aromatic carboxylic acids is 1. The van der Waals surface area contributed by atoms with E-state index in [9.17, 15) is 4.79 Å². The van der Waals surface area contributed by atoms with E-state index in [1.807, 2.05) is 0 Å². The number of unbranched alkanes of at least 4 members (excludes halogenated alkanes) is 2. The molecule has 0 bridgehead atoms. The van der Waals surface area contributed by atoms with Crippen molar-refractivity contribution in [1.82, 2.24) is 4.90 Å². The van der Waals surface area contributed by atoms with Crippen LogP contribution in [0.2, 0.25) is 0 Å². The van der Waals surface area contributed by atoms with Crippen molar-refractivity contribution in [3.8, 4) is 0 Å². The Morgan fingerprint density at radius 1 is 1.42 bits per heavy atom. The van der Waals surface area contributed by atoms with Crippen LogP contribution in [0.15, 0.2) is 10.5 Å². The Balaban J connectivity index is 2.68. The quantitative estimate of drug-likeness (QED) is 0.730. The molecule has 0 spiro atoms. The Hall–Kier alpha value is -1.29. The molecule has 0 saturated carbocycles. The molecule has 19 heavy (non-hydrogen) atoms. The van der Waals surface area contributed by atoms with Crippen molar-refractivity contribution in [2.45, 2.75) is 59.5 Å². The first kappa shape index (κ1) is 15.8. The molecular formula is C15H25NO3. The second-order valence-corrected chi connectivity index (χ2v) is 5.26. The van der Waals surface area contributed by atoms with Crippen LogP contribution >= 0.6 is 0 Å². The summed E-state index contributed by atoms with van der Waals surface area (Å²) in [6, 6.07) is 2.07. The summed E-state index contributed by atoms with van der Waals surface area (Å²) in [5, 5.41) is 9.02. The molecule has 0 saturated heterocycles. The molecule has 108 valence electrons. The lowest BCUT2D eigenvalue weighted by molar-refractivity contribution is 0.0695. The Labute approximate surface area is 115 Å². The van der Waals surface area contributed by atoms with Crippen LogP contribution < -0.4 is 0 Å². The highest BCUT2D eigenvalue weighted by atomic mass is 16.4. The number of nitrogens with zero attached hydrogens (tertiary/aromatic N) is 1. The van der Waals surface area contributed by atoms with Gasteiger partial charge in [0.15, 0.2) is 0 Å². The van der Waals surface area contributed by atoms with Crippen LogP contribution in [0, 0.1) is 6.92 Å². The highest BCUT2D eigenvalue weighted by Crippen LogP contribution is 2.18. The van der Waals surface area contributed by atoms with Gasteiger partial charge >= 0.3 is 5.97 Å². The lowest BCUT2D eigenvalue weighted by atomic mass is 10.2. The van der Waals surface area contributed by atoms with Gasteiger partial charge in [-0.25, -0.2) is 4.79 Å². The monoisotopic (exact) mass is 267 g/mol. The number of hydrogen-bond acceptors (Lipinski definition) is 3. The molecule has 1 N–H and O–H groups in total. The van der Waals surface area contributed by atoms with E-state index in [4.69, 9.17) is 9.52 Å². The molecule has 0 aromatic carbocycles. The maximum absolute atomic E-state index is 11.0. The van der Waals surface area contributed by atoms with E-state index in [1.54, 1.807) is 13.0 Å². The number of carboxylic acid groups (broad SMARTS) is 1. The van der Waals surface area contributed by atoms with Crippen LogP contribution in [0.4, 0.5) is 0 Å². The van der Waals surface area contributed by atoms with Gasteiger partial charge in [-0.15, -0.1) is 0 Å². The third kappa shape index (κ3) is 4.71. The third-order valence-electron chi connectivity index (χ3n) is 3.34. The van der Waals surface area contributed by atoms with E-state index in [0.717, 1.165) is 12.3 Å². The van der Waals surface area contributed by atoms with Crippen molar-refractivity contribution < 1.29 is 14.3 Å². The van der Waals surface area contributed by atoms with E-state index in [-0.39, 0.29) is 5.56 Å². The van der Waals surface area contributed by atoms with E-state index in [0.29, 0.717) is 18.3 Å². The van der Waals surface area contributed by atoms with Crippen LogP contribution in [0.3, 0.4) is 0 Å². The Kier molecular flexibility index (Phi) is 6.09. The molecule has 0 unspecified atom stereocenters. The fourth-order valence-electron chi connectivity index (χ4n) is 2.12. The first-order chi connectivity index (χ1) is 8.95. The lowest BCUT2D eigenvalue weighted by Crippen LogP contribution is -2.31. The summed E-state index contributed by atoms with van der Waals surface area (Å²) in [6.07, 6.45) is 3.59. The molecule has 1 aromatic rings. The fourth-order valence-corrected chi connectivity index (χ4v) is 2.12. The minimum Gasteiger partial charge on any atom is -0.478 e. The zero-order valence-corrected chi connectivity index (χ0v) is 12.4. The zero-order valence-electron chi connectivity index (χ0n) is 12.4. The molecule has 0 aliphatic rings. The minimum atomic E-state index is -0.922. The van der Waals surface area contributed by atoms with Crippen molar-refractivity contribution in [3.05, 3.63) is 23.2 Å². The Bertz CT molecular complexity index is 410. The van der Waals surface area contributed by atoms with Crippen LogP contribution in [0.5, 0.6) is 0 Å². The topological polar surface area (TPSA) is 53.7 Å². The molecule has 0 fully saturated rings. The summed E-state index contributed by atoms with van der Waals surface area (Å²) in [5.41, 5.74) is 0.271. The molecule has 1 aromatic heterocycles. The van der Waals surface area contributed by atoms with Crippen molar-refractivity contribution in [3.63, 3.8) is 0 Å². The number of aryl methyl sites for hydroxylation is 1. The van der Waals surface area contributed by atoms with E-state index in [2.05, 4.69) is 25.7 Å². The smallest absolute Gasteiger partial charge is 0.339 e. The van der Waals surface area contributed by atoms with Crippen molar-refractivity contribution in [2.75, 3.05) is 6.54 Å². The number of rotatable bonds is 8. The molecular weight excluding hydrogens is 242 g/mol. The van der Waals surface area contributed by atoms with Gasteiger partial charge in [0.25, 0.3) is 0 Å². The lowest BCUT2D eigenvalue weighted by Gasteiger charge is -2.25. The average molecular weight is 267 g/mol. The van der Waals surface area contributed by atoms with Gasteiger partial charge in [-0.2, -0.15) is 0 Å². The van der Waals surface area contributed by atoms with Crippen LogP contribution in [-0.2, 0) is 6.54 Å². The number of carbonyl (C=O) groups is 1. The van der Waals surface area contributed by atoms with Gasteiger partial charge in [-0.05, 0) is 39.8 Å². The maximum Gasteiger partial charge on any atom is 0.339 e. The predicted octanol–water partition coefficient (Wildman–Crippen LogP) is 3.69. The summed E-state index contributed by atoms with van der Waals surface area (Å²) in [4.78, 5) is 13.3. The predicted molar refractivity (Wildman–Crippen MR) is 75.5 cm³/mol. The van der Waals surface area contributed by atoms with E-state index < -0.39 is 5.97 Å². The molecule has 0 aliphatic carbocycles. The van der Waals surface area contributed by atoms with Crippen LogP contribution in [0.25, 0.3) is 0 Å². The van der Waals surface area contributed by atoms with Gasteiger partial charge in [-0.3, -0.25) is 4.90 Å². The normalized spacial score (nSPS) is 11.5. The van der Waals surface area contributed by atoms with Gasteiger partial charge in [0.05, 0.1) is 6.54 Å². The highest BCUT2D eigenvalue weighted by Gasteiger charge is 2.17. The summed E-state index contributed by atoms with van der Waals surface area (Å²) >= 11 is 0.